The van der Waals surface area contributed by atoms with E-state index in [1.54, 1.807) is 0 Å². The number of hydrogen-bond acceptors (Lipinski definition) is 1. The first-order chi connectivity index (χ1) is 6.97. The molecule has 0 unspecified atom stereocenters. The van der Waals surface area contributed by atoms with Crippen molar-refractivity contribution in [1.29, 1.82) is 0 Å². The average molecular weight is 487 g/mol. The van der Waals surface area contributed by atoms with Gasteiger partial charge in [0.15, 0.2) is 5.31 Å². The second-order valence-corrected chi connectivity index (χ2v) is 35.2. The molecule has 0 aromatic carbocycles. The fraction of sp³-hybridized carbons (Fsp3) is 0.500. The molecule has 0 heterocycles. The molecule has 0 radical (unpaired) electrons. The summed E-state index contributed by atoms with van der Waals surface area (Å²) in [5.41, 5.74) is 0. The van der Waals surface area contributed by atoms with E-state index in [1.807, 2.05) is 0 Å². The van der Waals surface area contributed by atoms with Crippen molar-refractivity contribution < 1.29 is 4.74 Å². The molecule has 0 amide bonds. The van der Waals surface area contributed by atoms with Crippen LogP contribution in [-0.4, -0.2) is 13.0 Å². The summed E-state index contributed by atoms with van der Waals surface area (Å²) in [5, 5.41) is -1.99. The van der Waals surface area contributed by atoms with Crippen LogP contribution in [0.2, 0.25) is 0 Å². The third-order valence-electron chi connectivity index (χ3n) is 0.716. The van der Waals surface area contributed by atoms with Gasteiger partial charge in [-0.1, -0.05) is 0 Å². The van der Waals surface area contributed by atoms with E-state index in [0.29, 0.717) is 5.31 Å². The summed E-state index contributed by atoms with van der Waals surface area (Å²) in [6.07, 6.45) is 1.37. The van der Waals surface area contributed by atoms with Gasteiger partial charge >= 0.3 is 74.8 Å². The zero-order chi connectivity index (χ0) is 14.6. The molecular weight excluding hydrogens is 481 g/mol. The Balaban J connectivity index is 0. The number of ether oxygens (including phenoxy) is 1. The Morgan fingerprint density at radius 3 is 1.41 bits per heavy atom. The summed E-state index contributed by atoms with van der Waals surface area (Å²) < 4.78 is -0.175. The monoisotopic (exact) mass is 482 g/mol. The van der Waals surface area contributed by atoms with Crippen molar-refractivity contribution in [3.63, 3.8) is 0 Å². The molecule has 0 aromatic heterocycles. The molecule has 0 aliphatic carbocycles. The minimum atomic E-state index is -4.82. The fourth-order valence-electron chi connectivity index (χ4n) is 0.295. The maximum absolute atomic E-state index is 5.59. The predicted octanol–water partition coefficient (Wildman–Crippen LogP) is 9.19. The van der Waals surface area contributed by atoms with Crippen molar-refractivity contribution in [3.05, 3.63) is 11.6 Å². The molecule has 0 bridgehead atoms. The van der Waals surface area contributed by atoms with Gasteiger partial charge in [0.25, 0.3) is 0 Å². The molecule has 0 aliphatic heterocycles. The van der Waals surface area contributed by atoms with Crippen LogP contribution in [0.25, 0.3) is 0 Å². The number of rotatable bonds is 3. The van der Waals surface area contributed by atoms with Crippen LogP contribution in [0.5, 0.6) is 0 Å². The van der Waals surface area contributed by atoms with E-state index in [2.05, 4.69) is 4.74 Å². The molecule has 0 aromatic rings. The molecule has 17 heavy (non-hydrogen) atoms. The molecule has 0 N–H and O–H groups in total. The van der Waals surface area contributed by atoms with Crippen molar-refractivity contribution in [2.45, 2.75) is 0 Å². The van der Waals surface area contributed by atoms with Crippen LogP contribution in [0.4, 0.5) is 0 Å². The van der Waals surface area contributed by atoms with Crippen LogP contribution in [0, 0.1) is 0 Å². The van der Waals surface area contributed by atoms with Crippen LogP contribution in [0.3, 0.4) is 0 Å². The topological polar surface area (TPSA) is 9.23 Å². The van der Waals surface area contributed by atoms with Gasteiger partial charge in [-0.05, 0) is 0 Å². The fourth-order valence-corrected chi connectivity index (χ4v) is 2.70. The Hall–Kier alpha value is 3.30. The SMILES string of the molecule is CO/C=C(/CCl)[P+](Cl)(Cl)Cl.Cl[P-](Cl)(Cl)(Cl)(Cl)Cl. The Morgan fingerprint density at radius 1 is 1.06 bits per heavy atom. The Bertz CT molecular complexity index is 259. The molecule has 0 aliphatic rings. The average Bonchev–Trinajstić information content (AvgIpc) is 1.91. The van der Waals surface area contributed by atoms with Gasteiger partial charge in [-0.25, -0.2) is 0 Å². The van der Waals surface area contributed by atoms with Crippen molar-refractivity contribution in [2.75, 3.05) is 13.0 Å². The summed E-state index contributed by atoms with van der Waals surface area (Å²) in [7, 11) is 1.48. The summed E-state index contributed by atoms with van der Waals surface area (Å²) >= 11 is 52.2. The summed E-state index contributed by atoms with van der Waals surface area (Å²) in [4.78, 5) is 0. The first-order valence-corrected chi connectivity index (χ1v) is 16.5. The van der Waals surface area contributed by atoms with E-state index in [-0.39, 0.29) is 5.88 Å². The first kappa shape index (κ1) is 22.6. The van der Waals surface area contributed by atoms with Crippen LogP contribution in [-0.2, 0) is 4.74 Å². The Kier molecular flexibility index (Phi) is 9.35. The van der Waals surface area contributed by atoms with Gasteiger partial charge in [-0.2, -0.15) is 0 Å². The van der Waals surface area contributed by atoms with Gasteiger partial charge in [0.2, 0.25) is 0 Å². The van der Waals surface area contributed by atoms with Crippen LogP contribution in [0.15, 0.2) is 11.6 Å². The molecule has 108 valence electrons. The van der Waals surface area contributed by atoms with E-state index in [9.17, 15) is 0 Å². The number of hydrogen-bond donors (Lipinski definition) is 0. The Morgan fingerprint density at radius 2 is 1.35 bits per heavy atom. The molecule has 0 rings (SSSR count). The van der Waals surface area contributed by atoms with E-state index in [1.165, 1.54) is 13.4 Å². The molecule has 0 saturated carbocycles. The maximum atomic E-state index is 5.59. The number of methoxy groups -OCH3 is 1. The third kappa shape index (κ3) is 28.2. The molecule has 13 heteroatoms. The Labute approximate surface area is 148 Å². The zero-order valence-electron chi connectivity index (χ0n) is 7.87. The third-order valence-corrected chi connectivity index (χ3v) is 4.06. The minimum absolute atomic E-state index is 0.193. The molecule has 0 atom stereocenters. The number of halogens is 10. The van der Waals surface area contributed by atoms with Crippen molar-refractivity contribution in [2.24, 2.45) is 0 Å². The molecule has 0 fully saturated rings. The van der Waals surface area contributed by atoms with Gasteiger partial charge in [-0.15, -0.1) is 11.6 Å². The predicted molar refractivity (Wildman–Crippen MR) is 92.3 cm³/mol. The van der Waals surface area contributed by atoms with Gasteiger partial charge < -0.3 is 4.74 Å². The standard InChI is InChI=1S/C4H6Cl4OP.Cl6P/c1-9-3-4(2-5)10(6,7)8;1-7(2,3,4,5)6/h3H,2H2,1H3;/q+1;-1/b4-3-;. The van der Waals surface area contributed by atoms with Gasteiger partial charge in [0, 0.05) is 0 Å². The molecule has 0 spiro atoms. The quantitative estimate of drug-likeness (QED) is 0.219. The summed E-state index contributed by atoms with van der Waals surface area (Å²) in [5.74, 6) is 0.193. The molecular formula is C4H6Cl10OP2. The first-order valence-electron chi connectivity index (χ1n) is 3.30. The van der Waals surface area contributed by atoms with Crippen LogP contribution in [0.1, 0.15) is 0 Å². The summed E-state index contributed by atoms with van der Waals surface area (Å²) in [6.45, 7) is 0. The van der Waals surface area contributed by atoms with E-state index in [0.717, 1.165) is 0 Å². The van der Waals surface area contributed by atoms with E-state index in [4.69, 9.17) is 113 Å². The zero-order valence-corrected chi connectivity index (χ0v) is 17.2. The van der Waals surface area contributed by atoms with Crippen molar-refractivity contribution in [1.82, 2.24) is 0 Å². The van der Waals surface area contributed by atoms with Gasteiger partial charge in [0.1, 0.15) is 40.0 Å². The van der Waals surface area contributed by atoms with Crippen LogP contribution >= 0.6 is 120 Å². The summed E-state index contributed by atoms with van der Waals surface area (Å²) in [6, 6.07) is 0. The number of alkyl halides is 1. The molecule has 1 nitrogen and oxygen atoms in total. The van der Waals surface area contributed by atoms with E-state index >= 15 is 0 Å². The van der Waals surface area contributed by atoms with Crippen LogP contribution < -0.4 is 0 Å². The van der Waals surface area contributed by atoms with Crippen molar-refractivity contribution >= 4 is 120 Å². The second-order valence-electron chi connectivity index (χ2n) is 2.38. The molecule has 0 saturated heterocycles. The van der Waals surface area contributed by atoms with Gasteiger partial charge in [-0.3, -0.25) is 0 Å². The second kappa shape index (κ2) is 7.04. The normalized spacial score (nSPS) is 17.5. The van der Waals surface area contributed by atoms with Crippen molar-refractivity contribution in [3.8, 4) is 0 Å². The van der Waals surface area contributed by atoms with E-state index < -0.39 is 7.38 Å². The number of allylic oxidation sites excluding steroid dienone is 1. The van der Waals surface area contributed by atoms with Gasteiger partial charge in [0.05, 0.1) is 13.0 Å².